The van der Waals surface area contributed by atoms with E-state index in [0.717, 1.165) is 17.1 Å². The Morgan fingerprint density at radius 2 is 0.899 bits per heavy atom. The van der Waals surface area contributed by atoms with Gasteiger partial charge >= 0.3 is 0 Å². The van der Waals surface area contributed by atoms with Crippen LogP contribution < -0.4 is 4.90 Å². The first kappa shape index (κ1) is 40.1. The number of hydrogen-bond donors (Lipinski definition) is 0. The van der Waals surface area contributed by atoms with Crippen molar-refractivity contribution in [3.8, 4) is 50.2 Å². The highest BCUT2D eigenvalue weighted by Crippen LogP contribution is 2.53. The van der Waals surface area contributed by atoms with Crippen molar-refractivity contribution in [2.75, 3.05) is 4.90 Å². The van der Waals surface area contributed by atoms with E-state index in [-0.39, 0.29) is 10.8 Å². The van der Waals surface area contributed by atoms with Crippen LogP contribution in [-0.2, 0) is 10.8 Å². The third kappa shape index (κ3) is 5.90. The van der Waals surface area contributed by atoms with Gasteiger partial charge in [0.1, 0.15) is 0 Å². The van der Waals surface area contributed by atoms with Gasteiger partial charge in [0.25, 0.3) is 0 Å². The molecule has 12 aromatic rings. The van der Waals surface area contributed by atoms with E-state index in [4.69, 9.17) is 0 Å². The molecule has 2 aromatic heterocycles. The third-order valence-electron chi connectivity index (χ3n) is 15.6. The van der Waals surface area contributed by atoms with Gasteiger partial charge in [-0.25, -0.2) is 0 Å². The van der Waals surface area contributed by atoms with Gasteiger partial charge in [0.2, 0.25) is 0 Å². The number of anilines is 3. The standard InChI is InChI=1S/C66H48N2S/c1-65(2)57-22-11-8-17-49(57)51-35-34-47(38-59(51)65)67(46-32-27-42(28-33-46)48-20-14-21-53-52-19-10-13-24-63(52)69-64(48)53)45-30-25-41(26-31-45)43-29-36-61-55(37-43)56-39-54-50-18-9-12-23-58(50)66(3,4)60(54)40-62(56)68(61)44-15-6-5-7-16-44/h5-40H,1-4H3. The Kier molecular flexibility index (Phi) is 8.58. The first-order chi connectivity index (χ1) is 33.7. The van der Waals surface area contributed by atoms with Crippen LogP contribution in [0.1, 0.15) is 49.9 Å². The molecule has 0 spiro atoms. The predicted molar refractivity (Wildman–Crippen MR) is 294 cm³/mol. The highest BCUT2D eigenvalue weighted by Gasteiger charge is 2.37. The summed E-state index contributed by atoms with van der Waals surface area (Å²) < 4.78 is 5.12. The molecule has 0 saturated heterocycles. The minimum atomic E-state index is -0.119. The summed E-state index contributed by atoms with van der Waals surface area (Å²) in [4.78, 5) is 2.43. The van der Waals surface area contributed by atoms with Crippen molar-refractivity contribution < 1.29 is 0 Å². The number of nitrogens with zero attached hydrogens (tertiary/aromatic N) is 2. The van der Waals surface area contributed by atoms with Gasteiger partial charge in [-0.1, -0.05) is 167 Å². The van der Waals surface area contributed by atoms with Gasteiger partial charge < -0.3 is 9.47 Å². The zero-order valence-corrected chi connectivity index (χ0v) is 39.9. The smallest absolute Gasteiger partial charge is 0.0544 e. The molecule has 0 atom stereocenters. The number of benzene rings is 10. The largest absolute Gasteiger partial charge is 0.310 e. The number of fused-ring (bicyclic) bond motifs is 12. The monoisotopic (exact) mass is 900 g/mol. The third-order valence-corrected chi connectivity index (χ3v) is 16.8. The molecule has 0 N–H and O–H groups in total. The quantitative estimate of drug-likeness (QED) is 0.161. The van der Waals surface area contributed by atoms with E-state index >= 15 is 0 Å². The second-order valence-corrected chi connectivity index (χ2v) is 21.2. The minimum Gasteiger partial charge on any atom is -0.310 e. The van der Waals surface area contributed by atoms with Crippen LogP contribution in [0, 0.1) is 0 Å². The summed E-state index contributed by atoms with van der Waals surface area (Å²) in [5.74, 6) is 0. The van der Waals surface area contributed by atoms with Gasteiger partial charge in [-0.3, -0.25) is 0 Å². The number of hydrogen-bond acceptors (Lipinski definition) is 2. The van der Waals surface area contributed by atoms with E-state index in [1.807, 2.05) is 11.3 Å². The predicted octanol–water partition coefficient (Wildman–Crippen LogP) is 18.6. The molecule has 0 aliphatic heterocycles. The van der Waals surface area contributed by atoms with E-state index in [1.54, 1.807) is 0 Å². The fraction of sp³-hybridized carbons (Fsp3) is 0.0909. The summed E-state index contributed by atoms with van der Waals surface area (Å²) in [5, 5.41) is 5.18. The molecule has 2 nitrogen and oxygen atoms in total. The fourth-order valence-electron chi connectivity index (χ4n) is 12.1. The SMILES string of the molecule is CC1(C)c2ccccc2-c2ccc(N(c3ccc(-c4ccc5c(c4)c4cc6c(cc4n5-c4ccccc4)C(C)(C)c4ccccc4-6)cc3)c3ccc(-c4cccc5c4sc4ccccc45)cc3)cc21. The second-order valence-electron chi connectivity index (χ2n) is 20.1. The highest BCUT2D eigenvalue weighted by atomic mass is 32.1. The molecular weight excluding hydrogens is 853 g/mol. The molecule has 0 bridgehead atoms. The molecular formula is C66H48N2S. The van der Waals surface area contributed by atoms with E-state index in [9.17, 15) is 0 Å². The topological polar surface area (TPSA) is 8.17 Å². The zero-order valence-electron chi connectivity index (χ0n) is 39.1. The lowest BCUT2D eigenvalue weighted by atomic mass is 9.82. The van der Waals surface area contributed by atoms with E-state index < -0.39 is 0 Å². The van der Waals surface area contributed by atoms with Crippen molar-refractivity contribution in [1.29, 1.82) is 0 Å². The van der Waals surface area contributed by atoms with Gasteiger partial charge in [0.05, 0.1) is 11.0 Å². The molecule has 0 radical (unpaired) electrons. The van der Waals surface area contributed by atoms with Gasteiger partial charge in [-0.05, 0) is 146 Å². The molecule has 69 heavy (non-hydrogen) atoms. The van der Waals surface area contributed by atoms with Crippen molar-refractivity contribution in [2.45, 2.75) is 38.5 Å². The van der Waals surface area contributed by atoms with Crippen LogP contribution >= 0.6 is 11.3 Å². The number of rotatable bonds is 6. The first-order valence-electron chi connectivity index (χ1n) is 24.2. The van der Waals surface area contributed by atoms with Crippen molar-refractivity contribution >= 4 is 70.4 Å². The van der Waals surface area contributed by atoms with E-state index in [2.05, 4.69) is 256 Å². The molecule has 0 fully saturated rings. The molecule has 2 aliphatic carbocycles. The van der Waals surface area contributed by atoms with E-state index in [0.29, 0.717) is 0 Å². The highest BCUT2D eigenvalue weighted by molar-refractivity contribution is 7.26. The van der Waals surface area contributed by atoms with E-state index in [1.165, 1.54) is 114 Å². The summed E-state index contributed by atoms with van der Waals surface area (Å²) in [7, 11) is 0. The van der Waals surface area contributed by atoms with Crippen LogP contribution in [0.4, 0.5) is 17.1 Å². The van der Waals surface area contributed by atoms with Crippen LogP contribution in [0.3, 0.4) is 0 Å². The molecule has 3 heteroatoms. The molecule has 0 amide bonds. The summed E-state index contributed by atoms with van der Waals surface area (Å²) in [6, 6.07) is 81.7. The summed E-state index contributed by atoms with van der Waals surface area (Å²) in [5.41, 5.74) is 22.6. The fourth-order valence-corrected chi connectivity index (χ4v) is 13.3. The Balaban J connectivity index is 0.892. The maximum absolute atomic E-state index is 2.47. The lowest BCUT2D eigenvalue weighted by molar-refractivity contribution is 0.660. The number of thiophene rings is 1. The van der Waals surface area contributed by atoms with Crippen molar-refractivity contribution in [2.24, 2.45) is 0 Å². The van der Waals surface area contributed by atoms with Crippen LogP contribution in [0.2, 0.25) is 0 Å². The Morgan fingerprint density at radius 1 is 0.348 bits per heavy atom. The molecule has 2 heterocycles. The zero-order chi connectivity index (χ0) is 46.2. The first-order valence-corrected chi connectivity index (χ1v) is 25.0. The van der Waals surface area contributed by atoms with Crippen LogP contribution in [0.5, 0.6) is 0 Å². The van der Waals surface area contributed by atoms with Crippen LogP contribution in [0.25, 0.3) is 92.2 Å². The maximum Gasteiger partial charge on any atom is 0.0544 e. The Morgan fingerprint density at radius 3 is 1.64 bits per heavy atom. The number of para-hydroxylation sites is 1. The van der Waals surface area contributed by atoms with Crippen molar-refractivity contribution in [3.63, 3.8) is 0 Å². The van der Waals surface area contributed by atoms with Crippen LogP contribution in [-0.4, -0.2) is 4.57 Å². The molecule has 0 unspecified atom stereocenters. The average Bonchev–Trinajstić information content (AvgIpc) is 4.07. The Hall–Kier alpha value is -7.98. The van der Waals surface area contributed by atoms with Gasteiger partial charge in [-0.2, -0.15) is 0 Å². The second kappa shape index (κ2) is 14.8. The Bertz CT molecular complexity index is 4050. The maximum atomic E-state index is 2.47. The number of aromatic nitrogens is 1. The van der Waals surface area contributed by atoms with Gasteiger partial charge in [0.15, 0.2) is 0 Å². The van der Waals surface area contributed by atoms with Crippen LogP contribution in [0.15, 0.2) is 218 Å². The molecule has 2 aliphatic rings. The summed E-state index contributed by atoms with van der Waals surface area (Å²) >= 11 is 1.88. The Labute approximate surface area is 407 Å². The lowest BCUT2D eigenvalue weighted by Crippen LogP contribution is -2.16. The molecule has 328 valence electrons. The lowest BCUT2D eigenvalue weighted by Gasteiger charge is -2.28. The minimum absolute atomic E-state index is 0.0871. The molecule has 0 saturated carbocycles. The van der Waals surface area contributed by atoms with Crippen molar-refractivity contribution in [1.82, 2.24) is 4.57 Å². The van der Waals surface area contributed by atoms with Crippen molar-refractivity contribution in [3.05, 3.63) is 241 Å². The average molecular weight is 901 g/mol. The molecule has 10 aromatic carbocycles. The summed E-state index contributed by atoms with van der Waals surface area (Å²) in [6.45, 7) is 9.47. The van der Waals surface area contributed by atoms with Gasteiger partial charge in [0, 0.05) is 64.5 Å². The molecule has 14 rings (SSSR count). The normalized spacial score (nSPS) is 14.0. The summed E-state index contributed by atoms with van der Waals surface area (Å²) in [6.07, 6.45) is 0. The van der Waals surface area contributed by atoms with Gasteiger partial charge in [-0.15, -0.1) is 11.3 Å².